The number of piperidine rings is 1. The second-order valence-corrected chi connectivity index (χ2v) is 10.3. The van der Waals surface area contributed by atoms with Crippen molar-refractivity contribution >= 4 is 29.2 Å². The third kappa shape index (κ3) is 6.16. The number of hydrogen-bond acceptors (Lipinski definition) is 7. The normalized spacial score (nSPS) is 18.7. The highest BCUT2D eigenvalue weighted by Crippen LogP contribution is 2.25. The second-order valence-electron chi connectivity index (χ2n) is 10.3. The number of piperazine rings is 1. The fraction of sp³-hybridized carbons (Fsp3) is 0.517. The molecule has 0 spiro atoms. The smallest absolute Gasteiger partial charge is 0.253 e. The van der Waals surface area contributed by atoms with Gasteiger partial charge in [0.25, 0.3) is 11.8 Å². The molecule has 3 fully saturated rings. The minimum atomic E-state index is -0.0493. The first-order chi connectivity index (χ1) is 19.0. The average Bonchev–Trinajstić information content (AvgIpc) is 3.01. The standard InChI is InChI=1S/C29H38N6O4/c1-2-30-25-4-3-11-31-26(25)32-14-16-34(17-15-32)28(37)23-7-5-22(6-8-23)27(36)33-12-9-24(10-13-33)29(38)35-18-20-39-21-19-35/h3-8,11,24,30H,2,9-10,12-21H2,1H3. The van der Waals surface area contributed by atoms with Crippen molar-refractivity contribution in [2.24, 2.45) is 5.92 Å². The summed E-state index contributed by atoms with van der Waals surface area (Å²) in [4.78, 5) is 51.4. The Kier molecular flexibility index (Phi) is 8.61. The Morgan fingerprint density at radius 1 is 0.821 bits per heavy atom. The van der Waals surface area contributed by atoms with Gasteiger partial charge >= 0.3 is 0 Å². The third-order valence-electron chi connectivity index (χ3n) is 7.85. The van der Waals surface area contributed by atoms with E-state index in [1.807, 2.05) is 26.8 Å². The zero-order chi connectivity index (χ0) is 27.2. The number of benzene rings is 1. The van der Waals surface area contributed by atoms with Crippen LogP contribution in [-0.4, -0.2) is 110 Å². The summed E-state index contributed by atoms with van der Waals surface area (Å²) in [5.74, 6) is 1.01. The molecule has 0 radical (unpaired) electrons. The lowest BCUT2D eigenvalue weighted by Crippen LogP contribution is -2.49. The Morgan fingerprint density at radius 3 is 2.00 bits per heavy atom. The zero-order valence-corrected chi connectivity index (χ0v) is 22.7. The molecule has 1 aromatic heterocycles. The molecule has 0 unspecified atom stereocenters. The minimum absolute atomic E-state index is 0.0241. The molecule has 0 atom stereocenters. The van der Waals surface area contributed by atoms with Crippen LogP contribution in [0.15, 0.2) is 42.6 Å². The van der Waals surface area contributed by atoms with Crippen molar-refractivity contribution in [3.8, 4) is 0 Å². The maximum absolute atomic E-state index is 13.2. The number of carbonyl (C=O) groups excluding carboxylic acids is 3. The van der Waals surface area contributed by atoms with Gasteiger partial charge in [-0.2, -0.15) is 0 Å². The van der Waals surface area contributed by atoms with Gasteiger partial charge in [0, 0.05) is 82.1 Å². The van der Waals surface area contributed by atoms with Crippen LogP contribution in [0.2, 0.25) is 0 Å². The summed E-state index contributed by atoms with van der Waals surface area (Å²) < 4.78 is 5.35. The van der Waals surface area contributed by atoms with Crippen LogP contribution in [-0.2, 0) is 9.53 Å². The molecule has 3 aliphatic heterocycles. The lowest BCUT2D eigenvalue weighted by atomic mass is 9.94. The van der Waals surface area contributed by atoms with Gasteiger partial charge in [-0.25, -0.2) is 4.98 Å². The number of pyridine rings is 1. The van der Waals surface area contributed by atoms with Crippen molar-refractivity contribution in [1.29, 1.82) is 0 Å². The molecule has 3 amide bonds. The lowest BCUT2D eigenvalue weighted by molar-refractivity contribution is -0.141. The molecule has 0 bridgehead atoms. The number of rotatable bonds is 6. The number of likely N-dealkylation sites (tertiary alicyclic amines) is 1. The molecule has 208 valence electrons. The maximum atomic E-state index is 13.2. The molecule has 0 aliphatic carbocycles. The summed E-state index contributed by atoms with van der Waals surface area (Å²) in [6.07, 6.45) is 3.15. The van der Waals surface area contributed by atoms with Crippen LogP contribution in [0.4, 0.5) is 11.5 Å². The quantitative estimate of drug-likeness (QED) is 0.607. The number of nitrogens with one attached hydrogen (secondary N) is 1. The van der Waals surface area contributed by atoms with Gasteiger partial charge in [0.15, 0.2) is 5.82 Å². The van der Waals surface area contributed by atoms with Crippen molar-refractivity contribution in [1.82, 2.24) is 19.7 Å². The van der Waals surface area contributed by atoms with E-state index >= 15 is 0 Å². The van der Waals surface area contributed by atoms with Crippen LogP contribution < -0.4 is 10.2 Å². The van der Waals surface area contributed by atoms with Crippen LogP contribution in [0.5, 0.6) is 0 Å². The highest BCUT2D eigenvalue weighted by atomic mass is 16.5. The molecular formula is C29H38N6O4. The van der Waals surface area contributed by atoms with E-state index in [1.54, 1.807) is 30.5 Å². The van der Waals surface area contributed by atoms with E-state index in [0.717, 1.165) is 18.1 Å². The topological polar surface area (TPSA) is 98.3 Å². The number of amides is 3. The molecule has 3 aliphatic rings. The van der Waals surface area contributed by atoms with Crippen LogP contribution in [0.25, 0.3) is 0 Å². The van der Waals surface area contributed by atoms with Gasteiger partial charge in [-0.1, -0.05) is 0 Å². The van der Waals surface area contributed by atoms with Gasteiger partial charge in [-0.05, 0) is 56.2 Å². The number of nitrogens with zero attached hydrogens (tertiary/aromatic N) is 5. The lowest BCUT2D eigenvalue weighted by Gasteiger charge is -2.36. The number of ether oxygens (including phenoxy) is 1. The van der Waals surface area contributed by atoms with E-state index in [4.69, 9.17) is 4.74 Å². The molecule has 0 saturated carbocycles. The van der Waals surface area contributed by atoms with Crippen molar-refractivity contribution in [2.75, 3.05) is 82.3 Å². The Bertz CT molecular complexity index is 1150. The Balaban J connectivity index is 1.12. The molecule has 2 aromatic rings. The number of anilines is 2. The maximum Gasteiger partial charge on any atom is 0.253 e. The number of aromatic nitrogens is 1. The number of carbonyl (C=O) groups is 3. The summed E-state index contributed by atoms with van der Waals surface area (Å²) >= 11 is 0. The largest absolute Gasteiger partial charge is 0.382 e. The van der Waals surface area contributed by atoms with Gasteiger partial charge in [0.1, 0.15) is 0 Å². The molecule has 10 heteroatoms. The van der Waals surface area contributed by atoms with E-state index < -0.39 is 0 Å². The van der Waals surface area contributed by atoms with E-state index in [2.05, 4.69) is 22.1 Å². The second kappa shape index (κ2) is 12.5. The molecule has 5 rings (SSSR count). The fourth-order valence-electron chi connectivity index (χ4n) is 5.59. The summed E-state index contributed by atoms with van der Waals surface area (Å²) in [6.45, 7) is 9.16. The Hall–Kier alpha value is -3.66. The summed E-state index contributed by atoms with van der Waals surface area (Å²) in [5, 5.41) is 3.36. The van der Waals surface area contributed by atoms with Gasteiger partial charge in [-0.3, -0.25) is 14.4 Å². The van der Waals surface area contributed by atoms with Crippen LogP contribution >= 0.6 is 0 Å². The minimum Gasteiger partial charge on any atom is -0.382 e. The van der Waals surface area contributed by atoms with Crippen molar-refractivity contribution in [2.45, 2.75) is 19.8 Å². The number of hydrogen-bond donors (Lipinski definition) is 1. The van der Waals surface area contributed by atoms with Crippen molar-refractivity contribution < 1.29 is 19.1 Å². The molecular weight excluding hydrogens is 496 g/mol. The van der Waals surface area contributed by atoms with Crippen LogP contribution in [0.3, 0.4) is 0 Å². The van der Waals surface area contributed by atoms with Gasteiger partial charge < -0.3 is 29.7 Å². The molecule has 4 heterocycles. The van der Waals surface area contributed by atoms with Crippen LogP contribution in [0.1, 0.15) is 40.5 Å². The third-order valence-corrected chi connectivity index (χ3v) is 7.85. The van der Waals surface area contributed by atoms with Gasteiger partial charge in [0.2, 0.25) is 5.91 Å². The predicted octanol–water partition coefficient (Wildman–Crippen LogP) is 2.19. The van der Waals surface area contributed by atoms with Crippen molar-refractivity contribution in [3.63, 3.8) is 0 Å². The molecule has 3 saturated heterocycles. The zero-order valence-electron chi connectivity index (χ0n) is 22.7. The summed E-state index contributed by atoms with van der Waals surface area (Å²) in [5.41, 5.74) is 2.16. The van der Waals surface area contributed by atoms with Gasteiger partial charge in [-0.15, -0.1) is 0 Å². The van der Waals surface area contributed by atoms with E-state index in [0.29, 0.717) is 89.5 Å². The molecule has 39 heavy (non-hydrogen) atoms. The fourth-order valence-corrected chi connectivity index (χ4v) is 5.59. The summed E-state index contributed by atoms with van der Waals surface area (Å²) in [7, 11) is 0. The first-order valence-electron chi connectivity index (χ1n) is 14.0. The highest BCUT2D eigenvalue weighted by Gasteiger charge is 2.31. The monoisotopic (exact) mass is 534 g/mol. The average molecular weight is 535 g/mol. The van der Waals surface area contributed by atoms with E-state index in [1.165, 1.54) is 0 Å². The SMILES string of the molecule is CCNc1cccnc1N1CCN(C(=O)c2ccc(C(=O)N3CCC(C(=O)N4CCOCC4)CC3)cc2)CC1. The Labute approximate surface area is 229 Å². The first kappa shape index (κ1) is 26.9. The number of morpholine rings is 1. The predicted molar refractivity (Wildman–Crippen MR) is 149 cm³/mol. The Morgan fingerprint density at radius 2 is 1.41 bits per heavy atom. The molecule has 10 nitrogen and oxygen atoms in total. The van der Waals surface area contributed by atoms with E-state index in [9.17, 15) is 14.4 Å². The van der Waals surface area contributed by atoms with E-state index in [-0.39, 0.29) is 23.6 Å². The summed E-state index contributed by atoms with van der Waals surface area (Å²) in [6, 6.07) is 10.9. The van der Waals surface area contributed by atoms with Crippen LogP contribution in [0, 0.1) is 5.92 Å². The van der Waals surface area contributed by atoms with Gasteiger partial charge in [0.05, 0.1) is 18.9 Å². The highest BCUT2D eigenvalue weighted by molar-refractivity contribution is 5.98. The molecule has 1 N–H and O–H groups in total. The molecule has 1 aromatic carbocycles. The van der Waals surface area contributed by atoms with Crippen molar-refractivity contribution in [3.05, 3.63) is 53.7 Å². The first-order valence-corrected chi connectivity index (χ1v) is 14.0.